The second kappa shape index (κ2) is 10.6. The molecule has 1 saturated heterocycles. The molecule has 9 heteroatoms. The molecular weight excluding hydrogens is 452 g/mol. The fourth-order valence-electron chi connectivity index (χ4n) is 4.84. The number of imidazole rings is 1. The summed E-state index contributed by atoms with van der Waals surface area (Å²) in [7, 11) is 0. The van der Waals surface area contributed by atoms with Gasteiger partial charge in [0.1, 0.15) is 0 Å². The molecule has 0 amide bonds. The zero-order chi connectivity index (χ0) is 25.1. The fraction of sp³-hybridized carbons (Fsp3) is 0.444. The summed E-state index contributed by atoms with van der Waals surface area (Å²) in [5.41, 5.74) is 5.60. The lowest BCUT2D eigenvalue weighted by molar-refractivity contribution is 0.262. The largest absolute Gasteiger partial charge is 0.396 e. The van der Waals surface area contributed by atoms with Gasteiger partial charge in [-0.05, 0) is 70.2 Å². The first-order valence-corrected chi connectivity index (χ1v) is 12.8. The summed E-state index contributed by atoms with van der Waals surface area (Å²) in [5, 5.41) is 13.1. The van der Waals surface area contributed by atoms with Gasteiger partial charge in [-0.25, -0.2) is 4.98 Å². The van der Waals surface area contributed by atoms with Gasteiger partial charge in [-0.2, -0.15) is 9.97 Å². The van der Waals surface area contributed by atoms with Crippen molar-refractivity contribution < 1.29 is 5.11 Å². The van der Waals surface area contributed by atoms with E-state index in [1.54, 1.807) is 0 Å². The first kappa shape index (κ1) is 24.1. The third-order valence-corrected chi connectivity index (χ3v) is 6.79. The fourth-order valence-corrected chi connectivity index (χ4v) is 4.84. The topological polar surface area (TPSA) is 105 Å². The molecule has 0 unspecified atom stereocenters. The SMILES string of the molecule is Cc1cc(-c2ccc(CNc3nc(N4CCCC[C@H]4CCO)nc4c3ncn4C(C)C)cn2)ccn1. The predicted octanol–water partition coefficient (Wildman–Crippen LogP) is 4.53. The van der Waals surface area contributed by atoms with Gasteiger partial charge >= 0.3 is 0 Å². The van der Waals surface area contributed by atoms with Gasteiger partial charge in [-0.3, -0.25) is 9.97 Å². The highest BCUT2D eigenvalue weighted by Crippen LogP contribution is 2.29. The van der Waals surface area contributed by atoms with Crippen LogP contribution in [0.4, 0.5) is 11.8 Å². The number of aliphatic hydroxyl groups excluding tert-OH is 1. The van der Waals surface area contributed by atoms with Gasteiger partial charge in [-0.15, -0.1) is 0 Å². The summed E-state index contributed by atoms with van der Waals surface area (Å²) in [4.78, 5) is 25.7. The number of nitrogens with zero attached hydrogens (tertiary/aromatic N) is 7. The highest BCUT2D eigenvalue weighted by Gasteiger charge is 2.26. The monoisotopic (exact) mass is 486 g/mol. The van der Waals surface area contributed by atoms with Crippen LogP contribution in [0.2, 0.25) is 0 Å². The van der Waals surface area contributed by atoms with Crippen LogP contribution in [-0.2, 0) is 6.54 Å². The summed E-state index contributed by atoms with van der Waals surface area (Å²) in [6.45, 7) is 7.87. The number of pyridine rings is 2. The number of aromatic nitrogens is 6. The molecule has 0 aliphatic carbocycles. The molecule has 9 nitrogen and oxygen atoms in total. The lowest BCUT2D eigenvalue weighted by atomic mass is 10.0. The van der Waals surface area contributed by atoms with E-state index in [0.29, 0.717) is 12.5 Å². The van der Waals surface area contributed by atoms with Crippen LogP contribution in [-0.4, -0.2) is 53.8 Å². The van der Waals surface area contributed by atoms with E-state index >= 15 is 0 Å². The number of anilines is 2. The smallest absolute Gasteiger partial charge is 0.229 e. The van der Waals surface area contributed by atoms with Crippen LogP contribution < -0.4 is 10.2 Å². The lowest BCUT2D eigenvalue weighted by Gasteiger charge is -2.35. The van der Waals surface area contributed by atoms with Crippen molar-refractivity contribution >= 4 is 22.9 Å². The minimum Gasteiger partial charge on any atom is -0.396 e. The quantitative estimate of drug-likeness (QED) is 0.374. The maximum absolute atomic E-state index is 9.61. The minimum atomic E-state index is 0.167. The number of aliphatic hydroxyl groups is 1. The Balaban J connectivity index is 1.43. The molecular formula is C27H34N8O. The predicted molar refractivity (Wildman–Crippen MR) is 142 cm³/mol. The highest BCUT2D eigenvalue weighted by atomic mass is 16.3. The molecule has 5 rings (SSSR count). The minimum absolute atomic E-state index is 0.167. The third-order valence-electron chi connectivity index (χ3n) is 6.79. The van der Waals surface area contributed by atoms with Crippen molar-refractivity contribution in [2.24, 2.45) is 0 Å². The van der Waals surface area contributed by atoms with E-state index < -0.39 is 0 Å². The molecule has 1 aliphatic heterocycles. The first-order valence-electron chi connectivity index (χ1n) is 12.8. The molecule has 2 N–H and O–H groups in total. The Labute approximate surface area is 211 Å². The maximum Gasteiger partial charge on any atom is 0.229 e. The van der Waals surface area contributed by atoms with Crippen LogP contribution in [0.1, 0.15) is 56.8 Å². The normalized spacial score (nSPS) is 16.1. The Hall–Kier alpha value is -3.59. The van der Waals surface area contributed by atoms with Gasteiger partial charge in [0.05, 0.1) is 12.0 Å². The zero-order valence-corrected chi connectivity index (χ0v) is 21.2. The molecule has 0 saturated carbocycles. The molecule has 1 aliphatic rings. The number of piperidine rings is 1. The molecule has 0 spiro atoms. The number of fused-ring (bicyclic) bond motifs is 1. The Kier molecular flexibility index (Phi) is 7.09. The van der Waals surface area contributed by atoms with Crippen LogP contribution in [0.15, 0.2) is 43.0 Å². The van der Waals surface area contributed by atoms with E-state index in [2.05, 4.69) is 49.6 Å². The summed E-state index contributed by atoms with van der Waals surface area (Å²) in [5.74, 6) is 1.42. The second-order valence-corrected chi connectivity index (χ2v) is 9.74. The van der Waals surface area contributed by atoms with Crippen LogP contribution in [0.3, 0.4) is 0 Å². The maximum atomic E-state index is 9.61. The van der Waals surface area contributed by atoms with E-state index in [4.69, 9.17) is 9.97 Å². The molecule has 5 heterocycles. The summed E-state index contributed by atoms with van der Waals surface area (Å²) >= 11 is 0. The standard InChI is InChI=1S/C27H34N8O/c1-18(2)35-17-31-24-25(32-27(33-26(24)35)34-12-5-4-6-22(34)10-13-36)30-16-20-7-8-23(29-15-20)21-9-11-28-19(3)14-21/h7-9,11,14-15,17-18,22,36H,4-6,10,12-13,16H2,1-3H3,(H,30,32,33)/t22-/m0/s1. The van der Waals surface area contributed by atoms with E-state index in [0.717, 1.165) is 65.3 Å². The van der Waals surface area contributed by atoms with Crippen molar-refractivity contribution in [2.75, 3.05) is 23.4 Å². The summed E-state index contributed by atoms with van der Waals surface area (Å²) < 4.78 is 2.09. The molecule has 36 heavy (non-hydrogen) atoms. The number of nitrogens with one attached hydrogen (secondary N) is 1. The number of hydrogen-bond acceptors (Lipinski definition) is 8. The van der Waals surface area contributed by atoms with E-state index in [-0.39, 0.29) is 18.7 Å². The number of aryl methyl sites for hydroxylation is 1. The lowest BCUT2D eigenvalue weighted by Crippen LogP contribution is -2.41. The van der Waals surface area contributed by atoms with E-state index in [9.17, 15) is 5.11 Å². The first-order chi connectivity index (χ1) is 17.5. The van der Waals surface area contributed by atoms with Gasteiger partial charge in [0.15, 0.2) is 17.0 Å². The average Bonchev–Trinajstić information content (AvgIpc) is 3.33. The number of hydrogen-bond donors (Lipinski definition) is 2. The molecule has 4 aromatic heterocycles. The zero-order valence-electron chi connectivity index (χ0n) is 21.2. The molecule has 1 atom stereocenters. The van der Waals surface area contributed by atoms with Gasteiger partial charge in [0.25, 0.3) is 0 Å². The molecule has 0 radical (unpaired) electrons. The van der Waals surface area contributed by atoms with Crippen molar-refractivity contribution in [3.8, 4) is 11.3 Å². The molecule has 1 fully saturated rings. The van der Waals surface area contributed by atoms with Crippen LogP contribution >= 0.6 is 0 Å². The second-order valence-electron chi connectivity index (χ2n) is 9.74. The van der Waals surface area contributed by atoms with Crippen LogP contribution in [0.5, 0.6) is 0 Å². The van der Waals surface area contributed by atoms with E-state index in [1.807, 2.05) is 43.8 Å². The third kappa shape index (κ3) is 5.02. The number of rotatable bonds is 8. The van der Waals surface area contributed by atoms with Crippen molar-refractivity contribution in [2.45, 2.75) is 65.1 Å². The average molecular weight is 487 g/mol. The molecule has 0 bridgehead atoms. The highest BCUT2D eigenvalue weighted by molar-refractivity contribution is 5.84. The summed E-state index contributed by atoms with van der Waals surface area (Å²) in [6, 6.07) is 8.61. The van der Waals surface area contributed by atoms with Crippen LogP contribution in [0, 0.1) is 6.92 Å². The Morgan fingerprint density at radius 1 is 1.11 bits per heavy atom. The Morgan fingerprint density at radius 2 is 2.00 bits per heavy atom. The molecule has 188 valence electrons. The van der Waals surface area contributed by atoms with Gasteiger partial charge in [0.2, 0.25) is 5.95 Å². The van der Waals surface area contributed by atoms with Crippen molar-refractivity contribution in [1.82, 2.24) is 29.5 Å². The van der Waals surface area contributed by atoms with E-state index in [1.165, 1.54) is 6.42 Å². The summed E-state index contributed by atoms with van der Waals surface area (Å²) in [6.07, 6.45) is 9.58. The van der Waals surface area contributed by atoms with Crippen molar-refractivity contribution in [3.05, 3.63) is 54.2 Å². The van der Waals surface area contributed by atoms with Gasteiger partial charge < -0.3 is 19.9 Å². The Bertz CT molecular complexity index is 1320. The molecule has 4 aromatic rings. The van der Waals surface area contributed by atoms with Gasteiger partial charge in [-0.1, -0.05) is 6.07 Å². The van der Waals surface area contributed by atoms with Crippen molar-refractivity contribution in [1.29, 1.82) is 0 Å². The Morgan fingerprint density at radius 3 is 2.75 bits per heavy atom. The molecule has 0 aromatic carbocycles. The van der Waals surface area contributed by atoms with Crippen molar-refractivity contribution in [3.63, 3.8) is 0 Å². The van der Waals surface area contributed by atoms with Crippen LogP contribution in [0.25, 0.3) is 22.4 Å². The van der Waals surface area contributed by atoms with Gasteiger partial charge in [0, 0.05) is 55.4 Å².